The number of ether oxygens (including phenoxy) is 2. The van der Waals surface area contributed by atoms with Crippen LogP contribution in [0.2, 0.25) is 0 Å². The zero-order valence-corrected chi connectivity index (χ0v) is 14.0. The molecule has 0 unspecified atom stereocenters. The van der Waals surface area contributed by atoms with Gasteiger partial charge in [-0.15, -0.1) is 0 Å². The fourth-order valence-electron chi connectivity index (χ4n) is 2.31. The minimum absolute atomic E-state index is 0.0247. The highest BCUT2D eigenvalue weighted by molar-refractivity contribution is 6.01. The van der Waals surface area contributed by atoms with Gasteiger partial charge >= 0.3 is 0 Å². The lowest BCUT2D eigenvalue weighted by Gasteiger charge is -2.15. The fourth-order valence-corrected chi connectivity index (χ4v) is 2.31. The molecule has 0 saturated carbocycles. The first-order chi connectivity index (χ1) is 12.0. The topological polar surface area (TPSA) is 100 Å². The van der Waals surface area contributed by atoms with Crippen molar-refractivity contribution in [2.24, 2.45) is 5.10 Å². The van der Waals surface area contributed by atoms with Crippen LogP contribution in [0.3, 0.4) is 0 Å². The summed E-state index contributed by atoms with van der Waals surface area (Å²) in [4.78, 5) is 23.5. The van der Waals surface area contributed by atoms with Gasteiger partial charge in [-0.2, -0.15) is 5.10 Å². The largest absolute Gasteiger partial charge is 0.545 e. The van der Waals surface area contributed by atoms with E-state index in [1.807, 2.05) is 6.07 Å². The molecular formula is C18H17N2O5-. The van der Waals surface area contributed by atoms with Crippen LogP contribution in [-0.4, -0.2) is 32.3 Å². The molecule has 0 radical (unpaired) electrons. The quantitative estimate of drug-likeness (QED) is 0.627. The molecule has 0 heterocycles. The van der Waals surface area contributed by atoms with Crippen molar-refractivity contribution in [2.75, 3.05) is 14.2 Å². The average Bonchev–Trinajstić information content (AvgIpc) is 2.60. The summed E-state index contributed by atoms with van der Waals surface area (Å²) in [6.07, 6.45) is 1.21. The van der Waals surface area contributed by atoms with Crippen molar-refractivity contribution >= 4 is 18.1 Å². The molecule has 2 aromatic rings. The van der Waals surface area contributed by atoms with Crippen LogP contribution in [0.4, 0.5) is 0 Å². The van der Waals surface area contributed by atoms with Crippen LogP contribution in [0.25, 0.3) is 0 Å². The molecule has 2 rings (SSSR count). The number of amides is 1. The molecule has 0 saturated heterocycles. The SMILES string of the molecule is COc1ccc(/C=N\NC(=O)c2ccccc2C)c(C(=O)[O-])c1OC. The third-order valence-corrected chi connectivity index (χ3v) is 3.54. The summed E-state index contributed by atoms with van der Waals surface area (Å²) in [6, 6.07) is 10.1. The monoisotopic (exact) mass is 341 g/mol. The number of carboxylic acids is 1. The Balaban J connectivity index is 2.28. The second kappa shape index (κ2) is 7.96. The first-order valence-electron chi connectivity index (χ1n) is 7.35. The highest BCUT2D eigenvalue weighted by atomic mass is 16.5. The number of aryl methyl sites for hydroxylation is 1. The van der Waals surface area contributed by atoms with Crippen molar-refractivity contribution in [2.45, 2.75) is 6.92 Å². The van der Waals surface area contributed by atoms with Crippen LogP contribution in [0.5, 0.6) is 11.5 Å². The Morgan fingerprint density at radius 1 is 1.12 bits per heavy atom. The predicted octanol–water partition coefficient (Wildman–Crippen LogP) is 1.14. The lowest BCUT2D eigenvalue weighted by Crippen LogP contribution is -2.25. The summed E-state index contributed by atoms with van der Waals surface area (Å²) in [5.74, 6) is -1.56. The third-order valence-electron chi connectivity index (χ3n) is 3.54. The molecule has 7 heteroatoms. The van der Waals surface area contributed by atoms with Crippen LogP contribution in [-0.2, 0) is 0 Å². The molecule has 0 aliphatic rings. The first kappa shape index (κ1) is 18.0. The summed E-state index contributed by atoms with van der Waals surface area (Å²) >= 11 is 0. The molecule has 0 aliphatic carbocycles. The maximum Gasteiger partial charge on any atom is 0.271 e. The van der Waals surface area contributed by atoms with E-state index in [1.54, 1.807) is 25.1 Å². The molecule has 0 bridgehead atoms. The lowest BCUT2D eigenvalue weighted by molar-refractivity contribution is -0.255. The van der Waals surface area contributed by atoms with Crippen molar-refractivity contribution < 1.29 is 24.2 Å². The van der Waals surface area contributed by atoms with Crippen LogP contribution < -0.4 is 20.0 Å². The van der Waals surface area contributed by atoms with Gasteiger partial charge in [0.25, 0.3) is 5.91 Å². The van der Waals surface area contributed by atoms with E-state index in [0.29, 0.717) is 5.56 Å². The van der Waals surface area contributed by atoms with Gasteiger partial charge in [0.15, 0.2) is 11.5 Å². The number of carbonyl (C=O) groups is 2. The molecular weight excluding hydrogens is 324 g/mol. The second-order valence-electron chi connectivity index (χ2n) is 5.07. The van der Waals surface area contributed by atoms with Crippen molar-refractivity contribution in [1.29, 1.82) is 0 Å². The van der Waals surface area contributed by atoms with E-state index in [9.17, 15) is 14.7 Å². The minimum Gasteiger partial charge on any atom is -0.545 e. The molecule has 1 N–H and O–H groups in total. The van der Waals surface area contributed by atoms with E-state index < -0.39 is 11.9 Å². The number of hydrogen-bond donors (Lipinski definition) is 1. The van der Waals surface area contributed by atoms with Gasteiger partial charge in [0.2, 0.25) is 0 Å². The standard InChI is InChI=1S/C18H18N2O5/c1-11-6-4-5-7-13(11)17(21)20-19-10-12-8-9-14(24-2)16(25-3)15(12)18(22)23/h4-10H,1-3H3,(H,20,21)(H,22,23)/p-1/b19-10-. The summed E-state index contributed by atoms with van der Waals surface area (Å²) in [7, 11) is 2.72. The Hall–Kier alpha value is -3.35. The second-order valence-corrected chi connectivity index (χ2v) is 5.07. The van der Waals surface area contributed by atoms with Gasteiger partial charge in [0.05, 0.1) is 32.0 Å². The van der Waals surface area contributed by atoms with E-state index >= 15 is 0 Å². The molecule has 0 aromatic heterocycles. The van der Waals surface area contributed by atoms with Gasteiger partial charge < -0.3 is 19.4 Å². The number of methoxy groups -OCH3 is 2. The van der Waals surface area contributed by atoms with Gasteiger partial charge in [-0.05, 0) is 30.7 Å². The molecule has 0 spiro atoms. The van der Waals surface area contributed by atoms with Crippen LogP contribution in [0, 0.1) is 6.92 Å². The normalized spacial score (nSPS) is 10.5. The number of rotatable bonds is 6. The molecule has 0 fully saturated rings. The molecule has 7 nitrogen and oxygen atoms in total. The Labute approximate surface area is 144 Å². The molecule has 2 aromatic carbocycles. The van der Waals surface area contributed by atoms with Gasteiger partial charge in [0.1, 0.15) is 0 Å². The number of nitrogens with zero attached hydrogens (tertiary/aromatic N) is 1. The van der Waals surface area contributed by atoms with Crippen molar-refractivity contribution in [3.8, 4) is 11.5 Å². The van der Waals surface area contributed by atoms with Gasteiger partial charge in [-0.25, -0.2) is 5.43 Å². The maximum atomic E-state index is 12.1. The summed E-state index contributed by atoms with van der Waals surface area (Å²) in [6.45, 7) is 1.81. The van der Waals surface area contributed by atoms with Gasteiger partial charge in [-0.1, -0.05) is 18.2 Å². The zero-order valence-electron chi connectivity index (χ0n) is 14.0. The highest BCUT2D eigenvalue weighted by Gasteiger charge is 2.15. The zero-order chi connectivity index (χ0) is 18.4. The maximum absolute atomic E-state index is 12.1. The van der Waals surface area contributed by atoms with Crippen LogP contribution >= 0.6 is 0 Å². The third kappa shape index (κ3) is 3.95. The Morgan fingerprint density at radius 2 is 1.84 bits per heavy atom. The Morgan fingerprint density at radius 3 is 2.44 bits per heavy atom. The number of benzene rings is 2. The number of carboxylic acid groups (broad SMARTS) is 1. The number of hydrazone groups is 1. The summed E-state index contributed by atoms with van der Waals surface area (Å²) in [5.41, 5.74) is 3.65. The molecule has 130 valence electrons. The van der Waals surface area contributed by atoms with Crippen molar-refractivity contribution in [3.63, 3.8) is 0 Å². The smallest absolute Gasteiger partial charge is 0.271 e. The summed E-state index contributed by atoms with van der Waals surface area (Å²) < 4.78 is 10.2. The number of carbonyl (C=O) groups excluding carboxylic acids is 2. The van der Waals surface area contributed by atoms with E-state index in [2.05, 4.69) is 10.5 Å². The van der Waals surface area contributed by atoms with Gasteiger partial charge in [-0.3, -0.25) is 4.79 Å². The van der Waals surface area contributed by atoms with Crippen molar-refractivity contribution in [3.05, 3.63) is 58.7 Å². The van der Waals surface area contributed by atoms with E-state index in [1.165, 1.54) is 32.6 Å². The first-order valence-corrected chi connectivity index (χ1v) is 7.35. The minimum atomic E-state index is -1.44. The molecule has 0 atom stereocenters. The molecule has 1 amide bonds. The fraction of sp³-hybridized carbons (Fsp3) is 0.167. The van der Waals surface area contributed by atoms with E-state index in [4.69, 9.17) is 9.47 Å². The van der Waals surface area contributed by atoms with Gasteiger partial charge in [0, 0.05) is 11.1 Å². The van der Waals surface area contributed by atoms with Crippen LogP contribution in [0.15, 0.2) is 41.5 Å². The highest BCUT2D eigenvalue weighted by Crippen LogP contribution is 2.32. The van der Waals surface area contributed by atoms with E-state index in [-0.39, 0.29) is 22.6 Å². The Kier molecular flexibility index (Phi) is 5.73. The molecule has 25 heavy (non-hydrogen) atoms. The lowest BCUT2D eigenvalue weighted by atomic mass is 10.1. The average molecular weight is 341 g/mol. The molecule has 0 aliphatic heterocycles. The summed E-state index contributed by atoms with van der Waals surface area (Å²) in [5, 5.41) is 15.3. The van der Waals surface area contributed by atoms with E-state index in [0.717, 1.165) is 5.56 Å². The predicted molar refractivity (Wildman–Crippen MR) is 90.1 cm³/mol. The van der Waals surface area contributed by atoms with Crippen molar-refractivity contribution in [1.82, 2.24) is 5.43 Å². The number of nitrogens with one attached hydrogen (secondary N) is 1. The number of hydrogen-bond acceptors (Lipinski definition) is 6. The Bertz CT molecular complexity index is 830. The van der Waals surface area contributed by atoms with Crippen LogP contribution in [0.1, 0.15) is 31.8 Å². The number of aromatic carboxylic acids is 1.